The fourth-order valence-corrected chi connectivity index (χ4v) is 4.06. The van der Waals surface area contributed by atoms with Crippen molar-refractivity contribution in [2.24, 2.45) is 0 Å². The van der Waals surface area contributed by atoms with Crippen LogP contribution in [0.3, 0.4) is 0 Å². The zero-order valence-electron chi connectivity index (χ0n) is 17.6. The Balaban J connectivity index is 1.32. The highest BCUT2D eigenvalue weighted by atomic mass is 16.6. The van der Waals surface area contributed by atoms with Crippen LogP contribution in [0.2, 0.25) is 0 Å². The second-order valence-corrected chi connectivity index (χ2v) is 7.67. The number of amides is 1. The van der Waals surface area contributed by atoms with E-state index in [0.29, 0.717) is 19.1 Å². The third-order valence-electron chi connectivity index (χ3n) is 5.91. The van der Waals surface area contributed by atoms with Crippen LogP contribution >= 0.6 is 0 Å². The van der Waals surface area contributed by atoms with E-state index in [1.54, 1.807) is 12.0 Å². The molecule has 5 heteroatoms. The fraction of sp³-hybridized carbons (Fsp3) is 0.320. The largest absolute Gasteiger partial charge is 0.497 e. The van der Waals surface area contributed by atoms with Gasteiger partial charge in [0.1, 0.15) is 12.4 Å². The van der Waals surface area contributed by atoms with E-state index < -0.39 is 0 Å². The summed E-state index contributed by atoms with van der Waals surface area (Å²) in [6, 6.07) is 22.9. The Hall–Kier alpha value is -3.05. The molecule has 1 aliphatic heterocycles. The molecule has 1 atom stereocenters. The lowest BCUT2D eigenvalue weighted by molar-refractivity contribution is 0.0621. The normalized spacial score (nSPS) is 15.7. The second-order valence-electron chi connectivity index (χ2n) is 7.67. The van der Waals surface area contributed by atoms with E-state index in [9.17, 15) is 4.79 Å². The molecule has 1 saturated heterocycles. The summed E-state index contributed by atoms with van der Waals surface area (Å²) >= 11 is 0. The standard InChI is InChI=1S/C25H28N2O3/c1-19(23-9-5-7-21-6-3-4-8-24(21)23)26-14-16-27(17-15-26)25(28)30-18-20-10-12-22(29-2)13-11-20/h3-13,19H,14-18H2,1-2H3. The van der Waals surface area contributed by atoms with Gasteiger partial charge in [0.15, 0.2) is 0 Å². The van der Waals surface area contributed by atoms with Gasteiger partial charge in [-0.3, -0.25) is 4.90 Å². The van der Waals surface area contributed by atoms with Crippen molar-refractivity contribution >= 4 is 16.9 Å². The number of fused-ring (bicyclic) bond motifs is 1. The van der Waals surface area contributed by atoms with Gasteiger partial charge in [-0.1, -0.05) is 54.6 Å². The molecule has 3 aromatic carbocycles. The SMILES string of the molecule is COc1ccc(COC(=O)N2CCN(C(C)c3cccc4ccccc34)CC2)cc1. The summed E-state index contributed by atoms with van der Waals surface area (Å²) < 4.78 is 10.7. The minimum absolute atomic E-state index is 0.247. The highest BCUT2D eigenvalue weighted by Crippen LogP contribution is 2.28. The van der Waals surface area contributed by atoms with Gasteiger partial charge in [0.05, 0.1) is 7.11 Å². The van der Waals surface area contributed by atoms with Gasteiger partial charge in [-0.2, -0.15) is 0 Å². The first-order valence-corrected chi connectivity index (χ1v) is 10.4. The number of methoxy groups -OCH3 is 1. The third kappa shape index (κ3) is 4.41. The van der Waals surface area contributed by atoms with Gasteiger partial charge in [0, 0.05) is 32.2 Å². The van der Waals surface area contributed by atoms with Crippen molar-refractivity contribution < 1.29 is 14.3 Å². The molecular formula is C25H28N2O3. The highest BCUT2D eigenvalue weighted by Gasteiger charge is 2.26. The van der Waals surface area contributed by atoms with E-state index in [2.05, 4.69) is 54.3 Å². The summed E-state index contributed by atoms with van der Waals surface area (Å²) in [5.41, 5.74) is 2.29. The van der Waals surface area contributed by atoms with Gasteiger partial charge in [0.2, 0.25) is 0 Å². The second kappa shape index (κ2) is 9.18. The molecule has 4 rings (SSSR count). The number of ether oxygens (including phenoxy) is 2. The van der Waals surface area contributed by atoms with Crippen molar-refractivity contribution in [3.05, 3.63) is 77.9 Å². The average molecular weight is 405 g/mol. The Labute approximate surface area is 177 Å². The van der Waals surface area contributed by atoms with Gasteiger partial charge in [-0.15, -0.1) is 0 Å². The topological polar surface area (TPSA) is 42.0 Å². The molecule has 156 valence electrons. The molecule has 5 nitrogen and oxygen atoms in total. The predicted molar refractivity (Wildman–Crippen MR) is 119 cm³/mol. The van der Waals surface area contributed by atoms with Crippen LogP contribution in [0, 0.1) is 0 Å². The van der Waals surface area contributed by atoms with Gasteiger partial charge in [0.25, 0.3) is 0 Å². The zero-order chi connectivity index (χ0) is 20.9. The van der Waals surface area contributed by atoms with E-state index in [4.69, 9.17) is 9.47 Å². The number of hydrogen-bond donors (Lipinski definition) is 0. The van der Waals surface area contributed by atoms with Gasteiger partial charge < -0.3 is 14.4 Å². The van der Waals surface area contributed by atoms with Crippen molar-refractivity contribution in [1.82, 2.24) is 9.80 Å². The van der Waals surface area contributed by atoms with E-state index in [-0.39, 0.29) is 12.7 Å². The van der Waals surface area contributed by atoms with Crippen molar-refractivity contribution in [1.29, 1.82) is 0 Å². The smallest absolute Gasteiger partial charge is 0.410 e. The Bertz CT molecular complexity index is 989. The van der Waals surface area contributed by atoms with E-state index in [1.807, 2.05) is 24.3 Å². The van der Waals surface area contributed by atoms with Crippen LogP contribution in [0.4, 0.5) is 4.79 Å². The molecule has 1 aliphatic rings. The molecule has 0 radical (unpaired) electrons. The Morgan fingerprint density at radius 1 is 0.933 bits per heavy atom. The van der Waals surface area contributed by atoms with Gasteiger partial charge >= 0.3 is 6.09 Å². The highest BCUT2D eigenvalue weighted by molar-refractivity contribution is 5.86. The Morgan fingerprint density at radius 3 is 2.37 bits per heavy atom. The number of piperazine rings is 1. The molecule has 1 amide bonds. The number of nitrogens with zero attached hydrogens (tertiary/aromatic N) is 2. The first-order valence-electron chi connectivity index (χ1n) is 10.4. The monoisotopic (exact) mass is 404 g/mol. The number of benzene rings is 3. The summed E-state index contributed by atoms with van der Waals surface area (Å²) in [4.78, 5) is 16.7. The number of rotatable bonds is 5. The number of carbonyl (C=O) groups excluding carboxylic acids is 1. The molecule has 0 aliphatic carbocycles. The van der Waals surface area contributed by atoms with Crippen molar-refractivity contribution in [3.63, 3.8) is 0 Å². The predicted octanol–water partition coefficient (Wildman–Crippen LogP) is 4.86. The summed E-state index contributed by atoms with van der Waals surface area (Å²) in [5, 5.41) is 2.57. The Morgan fingerprint density at radius 2 is 1.63 bits per heavy atom. The molecule has 0 saturated carbocycles. The fourth-order valence-electron chi connectivity index (χ4n) is 4.06. The summed E-state index contributed by atoms with van der Waals surface area (Å²) in [6.07, 6.45) is -0.247. The van der Waals surface area contributed by atoms with E-state index in [1.165, 1.54) is 16.3 Å². The van der Waals surface area contributed by atoms with Crippen molar-refractivity contribution in [3.8, 4) is 5.75 Å². The first-order chi connectivity index (χ1) is 14.7. The maximum absolute atomic E-state index is 12.5. The number of hydrogen-bond acceptors (Lipinski definition) is 4. The summed E-state index contributed by atoms with van der Waals surface area (Å²) in [7, 11) is 1.63. The molecule has 1 unspecified atom stereocenters. The zero-order valence-corrected chi connectivity index (χ0v) is 17.6. The first kappa shape index (κ1) is 20.2. The molecule has 3 aromatic rings. The van der Waals surface area contributed by atoms with Crippen LogP contribution in [0.1, 0.15) is 24.1 Å². The minimum Gasteiger partial charge on any atom is -0.497 e. The van der Waals surface area contributed by atoms with E-state index in [0.717, 1.165) is 24.4 Å². The summed E-state index contributed by atoms with van der Waals surface area (Å²) in [6.45, 7) is 5.55. The number of carbonyl (C=O) groups is 1. The van der Waals surface area contributed by atoms with Crippen LogP contribution in [0.15, 0.2) is 66.7 Å². The van der Waals surface area contributed by atoms with Crippen LogP contribution in [-0.4, -0.2) is 49.2 Å². The molecule has 1 fully saturated rings. The molecule has 0 spiro atoms. The molecule has 0 aromatic heterocycles. The quantitative estimate of drug-likeness (QED) is 0.609. The average Bonchev–Trinajstić information content (AvgIpc) is 2.82. The van der Waals surface area contributed by atoms with E-state index >= 15 is 0 Å². The molecule has 1 heterocycles. The minimum atomic E-state index is -0.247. The van der Waals surface area contributed by atoms with Gasteiger partial charge in [-0.05, 0) is 41.0 Å². The maximum Gasteiger partial charge on any atom is 0.410 e. The molecule has 0 bridgehead atoms. The molecule has 30 heavy (non-hydrogen) atoms. The third-order valence-corrected chi connectivity index (χ3v) is 5.91. The van der Waals surface area contributed by atoms with Crippen LogP contribution in [0.5, 0.6) is 5.75 Å². The van der Waals surface area contributed by atoms with Gasteiger partial charge in [-0.25, -0.2) is 4.79 Å². The van der Waals surface area contributed by atoms with Crippen LogP contribution in [-0.2, 0) is 11.3 Å². The molecule has 0 N–H and O–H groups in total. The summed E-state index contributed by atoms with van der Waals surface area (Å²) in [5.74, 6) is 0.793. The molecular weight excluding hydrogens is 376 g/mol. The lowest BCUT2D eigenvalue weighted by Gasteiger charge is -2.38. The van der Waals surface area contributed by atoms with Crippen molar-refractivity contribution in [2.45, 2.75) is 19.6 Å². The lowest BCUT2D eigenvalue weighted by Crippen LogP contribution is -2.49. The van der Waals surface area contributed by atoms with Crippen molar-refractivity contribution in [2.75, 3.05) is 33.3 Å². The van der Waals surface area contributed by atoms with Crippen LogP contribution in [0.25, 0.3) is 10.8 Å². The lowest BCUT2D eigenvalue weighted by atomic mass is 9.98. The van der Waals surface area contributed by atoms with Crippen LogP contribution < -0.4 is 4.74 Å². The maximum atomic E-state index is 12.5. The Kier molecular flexibility index (Phi) is 6.19.